The number of para-hydroxylation sites is 1. The summed E-state index contributed by atoms with van der Waals surface area (Å²) in [6, 6.07) is 10.9. The average Bonchev–Trinajstić information content (AvgIpc) is 2.61. The molecule has 0 saturated carbocycles. The highest BCUT2D eigenvalue weighted by molar-refractivity contribution is 8.13. The Labute approximate surface area is 186 Å². The Morgan fingerprint density at radius 1 is 1.07 bits per heavy atom. The fourth-order valence-electron chi connectivity index (χ4n) is 2.35. The first-order valence-corrected chi connectivity index (χ1v) is 11.6. The monoisotopic (exact) mass is 469 g/mol. The molecule has 0 spiro atoms. The molecule has 2 N–H and O–H groups in total. The summed E-state index contributed by atoms with van der Waals surface area (Å²) in [6.07, 6.45) is 0. The van der Waals surface area contributed by atoms with Gasteiger partial charge in [-0.3, -0.25) is 9.59 Å². The van der Waals surface area contributed by atoms with Crippen LogP contribution in [-0.2, 0) is 10.0 Å². The van der Waals surface area contributed by atoms with Gasteiger partial charge in [-0.05, 0) is 62.9 Å². The fourth-order valence-corrected chi connectivity index (χ4v) is 5.04. The number of amides is 2. The van der Waals surface area contributed by atoms with E-state index >= 15 is 0 Å². The van der Waals surface area contributed by atoms with Crippen LogP contribution in [0, 0.1) is 0 Å². The van der Waals surface area contributed by atoms with E-state index in [-0.39, 0.29) is 20.7 Å². The summed E-state index contributed by atoms with van der Waals surface area (Å²) in [6.45, 7) is 5.12. The van der Waals surface area contributed by atoms with Crippen LogP contribution in [0.4, 0.5) is 10.5 Å². The second-order valence-electron chi connectivity index (χ2n) is 7.71. The maximum absolute atomic E-state index is 12.8. The molecule has 0 aliphatic heterocycles. The summed E-state index contributed by atoms with van der Waals surface area (Å²) in [5.41, 5.74) is -0.155. The van der Waals surface area contributed by atoms with E-state index in [1.165, 1.54) is 23.1 Å². The van der Waals surface area contributed by atoms with Gasteiger partial charge in [0.25, 0.3) is 11.1 Å². The van der Waals surface area contributed by atoms with Crippen LogP contribution in [0.2, 0.25) is 5.02 Å². The Bertz CT molecular complexity index is 1060. The van der Waals surface area contributed by atoms with Gasteiger partial charge in [-0.1, -0.05) is 23.7 Å². The fraction of sp³-hybridized carbons (Fsp3) is 0.300. The van der Waals surface area contributed by atoms with Gasteiger partial charge in [0.2, 0.25) is 10.0 Å². The van der Waals surface area contributed by atoms with Crippen LogP contribution < -0.4 is 10.0 Å². The highest BCUT2D eigenvalue weighted by Crippen LogP contribution is 2.30. The van der Waals surface area contributed by atoms with Crippen molar-refractivity contribution in [2.45, 2.75) is 36.1 Å². The molecule has 0 aliphatic rings. The van der Waals surface area contributed by atoms with E-state index < -0.39 is 21.5 Å². The predicted molar refractivity (Wildman–Crippen MR) is 121 cm³/mol. The molecule has 10 heteroatoms. The lowest BCUT2D eigenvalue weighted by atomic mass is 10.1. The molecule has 2 amide bonds. The molecule has 7 nitrogen and oxygen atoms in total. The highest BCUT2D eigenvalue weighted by Gasteiger charge is 2.25. The molecule has 162 valence electrons. The van der Waals surface area contributed by atoms with Gasteiger partial charge < -0.3 is 10.2 Å². The molecule has 0 fully saturated rings. The van der Waals surface area contributed by atoms with Crippen molar-refractivity contribution in [1.29, 1.82) is 0 Å². The first-order valence-electron chi connectivity index (χ1n) is 8.93. The van der Waals surface area contributed by atoms with E-state index in [9.17, 15) is 18.0 Å². The van der Waals surface area contributed by atoms with Crippen molar-refractivity contribution in [1.82, 2.24) is 9.62 Å². The molecule has 2 aromatic carbocycles. The second-order valence-corrected chi connectivity index (χ2v) is 10.8. The van der Waals surface area contributed by atoms with Gasteiger partial charge in [0.15, 0.2) is 0 Å². The minimum atomic E-state index is -3.93. The Kier molecular flexibility index (Phi) is 7.57. The number of carbonyl (C=O) groups excluding carboxylic acids is 2. The van der Waals surface area contributed by atoms with Crippen LogP contribution in [0.3, 0.4) is 0 Å². The maximum Gasteiger partial charge on any atom is 0.286 e. The third kappa shape index (κ3) is 6.46. The quantitative estimate of drug-likeness (QED) is 0.631. The van der Waals surface area contributed by atoms with Crippen molar-refractivity contribution in [2.24, 2.45) is 0 Å². The number of anilines is 1. The third-order valence-corrected chi connectivity index (χ3v) is 6.98. The average molecular weight is 470 g/mol. The largest absolute Gasteiger partial charge is 0.339 e. The maximum atomic E-state index is 12.8. The van der Waals surface area contributed by atoms with Gasteiger partial charge in [0.1, 0.15) is 4.90 Å². The van der Waals surface area contributed by atoms with Gasteiger partial charge >= 0.3 is 0 Å². The number of sulfonamides is 1. The molecular formula is C20H24ClN3O4S2. The smallest absolute Gasteiger partial charge is 0.286 e. The molecule has 0 saturated heterocycles. The summed E-state index contributed by atoms with van der Waals surface area (Å²) < 4.78 is 27.9. The molecule has 0 heterocycles. The molecule has 0 atom stereocenters. The first kappa shape index (κ1) is 24.2. The van der Waals surface area contributed by atoms with E-state index in [0.29, 0.717) is 10.6 Å². The highest BCUT2D eigenvalue weighted by atomic mass is 35.5. The predicted octanol–water partition coefficient (Wildman–Crippen LogP) is 4.44. The van der Waals surface area contributed by atoms with Crippen molar-refractivity contribution in [3.8, 4) is 0 Å². The molecule has 0 aliphatic carbocycles. The minimum absolute atomic E-state index is 0.0100. The van der Waals surface area contributed by atoms with Crippen LogP contribution in [-0.4, -0.2) is 44.1 Å². The summed E-state index contributed by atoms with van der Waals surface area (Å²) in [5, 5.41) is 2.55. The van der Waals surface area contributed by atoms with E-state index in [4.69, 9.17) is 11.6 Å². The Balaban J connectivity index is 2.33. The van der Waals surface area contributed by atoms with E-state index in [1.54, 1.807) is 59.1 Å². The second kappa shape index (κ2) is 9.38. The number of hydrogen-bond donors (Lipinski definition) is 2. The van der Waals surface area contributed by atoms with Crippen molar-refractivity contribution >= 4 is 50.2 Å². The molecule has 2 rings (SSSR count). The minimum Gasteiger partial charge on any atom is -0.339 e. The number of nitrogens with one attached hydrogen (secondary N) is 2. The first-order chi connectivity index (χ1) is 13.8. The number of hydrogen-bond acceptors (Lipinski definition) is 5. The molecule has 0 radical (unpaired) electrons. The van der Waals surface area contributed by atoms with Crippen LogP contribution in [0.1, 0.15) is 31.1 Å². The van der Waals surface area contributed by atoms with E-state index in [1.807, 2.05) is 0 Å². The third-order valence-electron chi connectivity index (χ3n) is 3.62. The van der Waals surface area contributed by atoms with Crippen molar-refractivity contribution in [2.75, 3.05) is 19.4 Å². The van der Waals surface area contributed by atoms with Crippen molar-refractivity contribution in [3.63, 3.8) is 0 Å². The normalized spacial score (nSPS) is 11.8. The SMILES string of the molecule is CN(C)C(=O)Sc1ccccc1NC(=O)c1ccc(Cl)c(S(=O)(=O)NC(C)(C)C)c1. The Morgan fingerprint density at radius 2 is 1.70 bits per heavy atom. The number of halogens is 1. The van der Waals surface area contributed by atoms with Gasteiger partial charge in [-0.15, -0.1) is 0 Å². The van der Waals surface area contributed by atoms with E-state index in [2.05, 4.69) is 10.0 Å². The number of carbonyl (C=O) groups is 2. The Hall–Kier alpha value is -2.07. The summed E-state index contributed by atoms with van der Waals surface area (Å²) in [7, 11) is -0.654. The summed E-state index contributed by atoms with van der Waals surface area (Å²) in [4.78, 5) is 26.6. The number of benzene rings is 2. The van der Waals surface area contributed by atoms with Crippen LogP contribution in [0.5, 0.6) is 0 Å². The molecular weight excluding hydrogens is 446 g/mol. The molecule has 30 heavy (non-hydrogen) atoms. The summed E-state index contributed by atoms with van der Waals surface area (Å²) in [5.74, 6) is -0.524. The van der Waals surface area contributed by atoms with Gasteiger partial charge in [0, 0.05) is 30.1 Å². The lowest BCUT2D eigenvalue weighted by Gasteiger charge is -2.21. The van der Waals surface area contributed by atoms with E-state index in [0.717, 1.165) is 11.8 Å². The standard InChI is InChI=1S/C20H24ClN3O4S2/c1-20(2,3)23-30(27,28)17-12-13(10-11-14(17)21)18(25)22-15-8-6-7-9-16(15)29-19(26)24(4)5/h6-12,23H,1-5H3,(H,22,25). The zero-order chi connectivity index (χ0) is 22.7. The molecule has 0 aromatic heterocycles. The van der Waals surface area contributed by atoms with Crippen LogP contribution >= 0.6 is 23.4 Å². The lowest BCUT2D eigenvalue weighted by molar-refractivity contribution is 0.102. The number of thioether (sulfide) groups is 1. The molecule has 0 unspecified atom stereocenters. The van der Waals surface area contributed by atoms with Gasteiger partial charge in [-0.2, -0.15) is 0 Å². The van der Waals surface area contributed by atoms with Gasteiger partial charge in [-0.25, -0.2) is 13.1 Å². The zero-order valence-electron chi connectivity index (χ0n) is 17.3. The topological polar surface area (TPSA) is 95.6 Å². The summed E-state index contributed by atoms with van der Waals surface area (Å²) >= 11 is 7.07. The van der Waals surface area contributed by atoms with Crippen molar-refractivity contribution in [3.05, 3.63) is 53.1 Å². The molecule has 0 bridgehead atoms. The van der Waals surface area contributed by atoms with Crippen molar-refractivity contribution < 1.29 is 18.0 Å². The number of nitrogens with zero attached hydrogens (tertiary/aromatic N) is 1. The number of rotatable bonds is 5. The molecule has 2 aromatic rings. The van der Waals surface area contributed by atoms with Gasteiger partial charge in [0.05, 0.1) is 10.7 Å². The van der Waals surface area contributed by atoms with Crippen LogP contribution in [0.15, 0.2) is 52.3 Å². The lowest BCUT2D eigenvalue weighted by Crippen LogP contribution is -2.40. The Morgan fingerprint density at radius 3 is 2.30 bits per heavy atom. The van der Waals surface area contributed by atoms with Crippen LogP contribution in [0.25, 0.3) is 0 Å². The zero-order valence-corrected chi connectivity index (χ0v) is 19.7.